The smallest absolute Gasteiger partial charge is 0.246 e. The molecule has 0 aromatic heterocycles. The highest BCUT2D eigenvalue weighted by Crippen LogP contribution is 2.14. The molecule has 0 aliphatic carbocycles. The van der Waals surface area contributed by atoms with E-state index < -0.39 is 5.97 Å². The fourth-order valence-electron chi connectivity index (χ4n) is 0.244. The summed E-state index contributed by atoms with van der Waals surface area (Å²) in [6.45, 7) is 1.45. The van der Waals surface area contributed by atoms with Gasteiger partial charge in [0.25, 0.3) is 0 Å². The van der Waals surface area contributed by atoms with E-state index in [9.17, 15) is 0 Å². The van der Waals surface area contributed by atoms with Crippen LogP contribution in [0.3, 0.4) is 0 Å². The quantitative estimate of drug-likeness (QED) is 0.299. The summed E-state index contributed by atoms with van der Waals surface area (Å²) < 4.78 is 0. The lowest BCUT2D eigenvalue weighted by atomic mass is 10.4. The third kappa shape index (κ3) is 1.86. The molecule has 0 unspecified atom stereocenters. The van der Waals surface area contributed by atoms with E-state index in [2.05, 4.69) is 14.7 Å². The second kappa shape index (κ2) is 3.72. The number of hydrogen-bond acceptors (Lipinski definition) is 6. The van der Waals surface area contributed by atoms with Crippen LogP contribution in [-0.4, -0.2) is 21.7 Å². The van der Waals surface area contributed by atoms with Crippen LogP contribution in [0, 0.1) is 0 Å². The van der Waals surface area contributed by atoms with E-state index in [1.54, 1.807) is 0 Å². The molecule has 0 aromatic rings. The SMILES string of the molecule is CCC(OO)(OO)OO. The van der Waals surface area contributed by atoms with Gasteiger partial charge < -0.3 is 0 Å². The first kappa shape index (κ1) is 8.76. The van der Waals surface area contributed by atoms with E-state index in [1.807, 2.05) is 0 Å². The lowest BCUT2D eigenvalue weighted by Crippen LogP contribution is -2.35. The average molecular weight is 140 g/mol. The van der Waals surface area contributed by atoms with Crippen LogP contribution in [0.2, 0.25) is 0 Å². The molecule has 0 fully saturated rings. The van der Waals surface area contributed by atoms with Crippen LogP contribution in [0.15, 0.2) is 0 Å². The Morgan fingerprint density at radius 1 is 1.11 bits per heavy atom. The Balaban J connectivity index is 3.82. The summed E-state index contributed by atoms with van der Waals surface area (Å²) in [7, 11) is 0. The van der Waals surface area contributed by atoms with E-state index in [4.69, 9.17) is 15.8 Å². The first-order valence-electron chi connectivity index (χ1n) is 2.22. The summed E-state index contributed by atoms with van der Waals surface area (Å²) in [5, 5.41) is 23.7. The first-order chi connectivity index (χ1) is 4.24. The van der Waals surface area contributed by atoms with Gasteiger partial charge in [-0.2, -0.15) is 14.7 Å². The Bertz CT molecular complexity index is 51.2. The lowest BCUT2D eigenvalue weighted by Gasteiger charge is -2.19. The van der Waals surface area contributed by atoms with E-state index >= 15 is 0 Å². The third-order valence-corrected chi connectivity index (χ3v) is 0.850. The van der Waals surface area contributed by atoms with Crippen molar-refractivity contribution in [2.24, 2.45) is 0 Å². The average Bonchev–Trinajstić information content (AvgIpc) is 1.95. The monoisotopic (exact) mass is 140 g/mol. The summed E-state index contributed by atoms with van der Waals surface area (Å²) in [6.07, 6.45) is -0.0729. The molecule has 0 saturated carbocycles. The minimum atomic E-state index is -2.17. The van der Waals surface area contributed by atoms with Crippen LogP contribution < -0.4 is 0 Å². The van der Waals surface area contributed by atoms with Gasteiger partial charge in [0, 0.05) is 6.42 Å². The molecule has 0 aromatic carbocycles. The molecule has 0 amide bonds. The largest absolute Gasteiger partial charge is 0.364 e. The van der Waals surface area contributed by atoms with Gasteiger partial charge in [0.2, 0.25) is 0 Å². The Labute approximate surface area is 51.0 Å². The van der Waals surface area contributed by atoms with Gasteiger partial charge in [-0.3, -0.25) is 0 Å². The highest BCUT2D eigenvalue weighted by atomic mass is 17.3. The normalized spacial score (nSPS) is 12.0. The van der Waals surface area contributed by atoms with Crippen molar-refractivity contribution in [3.8, 4) is 0 Å². The van der Waals surface area contributed by atoms with Crippen molar-refractivity contribution in [2.75, 3.05) is 0 Å². The first-order valence-corrected chi connectivity index (χ1v) is 2.22. The third-order valence-electron chi connectivity index (χ3n) is 0.850. The van der Waals surface area contributed by atoms with Crippen molar-refractivity contribution >= 4 is 0 Å². The molecule has 6 heteroatoms. The van der Waals surface area contributed by atoms with Gasteiger partial charge in [0.05, 0.1) is 0 Å². The predicted octanol–water partition coefficient (Wildman–Crippen LogP) is 0.519. The lowest BCUT2D eigenvalue weighted by molar-refractivity contribution is -0.613. The molecule has 0 saturated heterocycles. The van der Waals surface area contributed by atoms with Crippen LogP contribution >= 0.6 is 0 Å². The minimum Gasteiger partial charge on any atom is -0.246 e. The van der Waals surface area contributed by atoms with E-state index in [1.165, 1.54) is 6.92 Å². The second-order valence-electron chi connectivity index (χ2n) is 1.31. The van der Waals surface area contributed by atoms with Gasteiger partial charge in [-0.1, -0.05) is 6.92 Å². The van der Waals surface area contributed by atoms with E-state index in [0.29, 0.717) is 0 Å². The topological polar surface area (TPSA) is 88.4 Å². The molecular formula is C3H8O6. The van der Waals surface area contributed by atoms with Crippen molar-refractivity contribution in [2.45, 2.75) is 19.3 Å². The molecule has 0 atom stereocenters. The molecule has 56 valence electrons. The van der Waals surface area contributed by atoms with Gasteiger partial charge >= 0.3 is 5.97 Å². The number of rotatable bonds is 4. The van der Waals surface area contributed by atoms with E-state index in [-0.39, 0.29) is 6.42 Å². The van der Waals surface area contributed by atoms with Crippen molar-refractivity contribution < 1.29 is 30.4 Å². The van der Waals surface area contributed by atoms with Gasteiger partial charge in [0.15, 0.2) is 0 Å². The van der Waals surface area contributed by atoms with Gasteiger partial charge in [-0.05, 0) is 0 Å². The second-order valence-corrected chi connectivity index (χ2v) is 1.31. The highest BCUT2D eigenvalue weighted by Gasteiger charge is 2.33. The van der Waals surface area contributed by atoms with Crippen LogP contribution in [0.5, 0.6) is 0 Å². The molecular weight excluding hydrogens is 132 g/mol. The Morgan fingerprint density at radius 2 is 1.44 bits per heavy atom. The van der Waals surface area contributed by atoms with Gasteiger partial charge in [-0.25, -0.2) is 15.8 Å². The molecule has 0 spiro atoms. The van der Waals surface area contributed by atoms with Gasteiger partial charge in [0.1, 0.15) is 0 Å². The maximum atomic E-state index is 7.91. The van der Waals surface area contributed by atoms with Crippen molar-refractivity contribution in [1.82, 2.24) is 0 Å². The zero-order valence-corrected chi connectivity index (χ0v) is 4.77. The molecule has 0 heterocycles. The van der Waals surface area contributed by atoms with Crippen LogP contribution in [-0.2, 0) is 14.7 Å². The van der Waals surface area contributed by atoms with Gasteiger partial charge in [-0.15, -0.1) is 0 Å². The number of hydrogen-bond donors (Lipinski definition) is 3. The fraction of sp³-hybridized carbons (Fsp3) is 1.00. The standard InChI is InChI=1S/C3H8O6/c1-2-3(7-4,8-5)9-6/h4-6H,2H2,1H3. The highest BCUT2D eigenvalue weighted by molar-refractivity contribution is 4.43. The molecule has 3 N–H and O–H groups in total. The van der Waals surface area contributed by atoms with Crippen LogP contribution in [0.25, 0.3) is 0 Å². The molecule has 0 rings (SSSR count). The molecule has 0 aliphatic rings. The summed E-state index contributed by atoms with van der Waals surface area (Å²) >= 11 is 0. The van der Waals surface area contributed by atoms with E-state index in [0.717, 1.165) is 0 Å². The zero-order valence-electron chi connectivity index (χ0n) is 4.77. The van der Waals surface area contributed by atoms with Crippen molar-refractivity contribution in [1.29, 1.82) is 0 Å². The molecule has 9 heavy (non-hydrogen) atoms. The maximum absolute atomic E-state index is 7.91. The summed E-state index contributed by atoms with van der Waals surface area (Å²) in [6, 6.07) is 0. The summed E-state index contributed by atoms with van der Waals surface area (Å²) in [5.74, 6) is -2.17. The molecule has 0 radical (unpaired) electrons. The predicted molar refractivity (Wildman–Crippen MR) is 24.2 cm³/mol. The zero-order chi connectivity index (χ0) is 7.33. The summed E-state index contributed by atoms with van der Waals surface area (Å²) in [5.41, 5.74) is 0. The summed E-state index contributed by atoms with van der Waals surface area (Å²) in [4.78, 5) is 10.3. The van der Waals surface area contributed by atoms with Crippen molar-refractivity contribution in [3.63, 3.8) is 0 Å². The Kier molecular flexibility index (Phi) is 3.62. The maximum Gasteiger partial charge on any atom is 0.364 e. The van der Waals surface area contributed by atoms with Crippen LogP contribution in [0.1, 0.15) is 13.3 Å². The van der Waals surface area contributed by atoms with Crippen molar-refractivity contribution in [3.05, 3.63) is 0 Å². The molecule has 0 bridgehead atoms. The molecule has 0 aliphatic heterocycles. The minimum absolute atomic E-state index is 0.0729. The molecule has 6 nitrogen and oxygen atoms in total. The fourth-order valence-corrected chi connectivity index (χ4v) is 0.244. The Hall–Kier alpha value is -0.240. The Morgan fingerprint density at radius 3 is 1.44 bits per heavy atom. The van der Waals surface area contributed by atoms with Crippen LogP contribution in [0.4, 0.5) is 0 Å².